The minimum atomic E-state index is 0.289. The van der Waals surface area contributed by atoms with E-state index in [0.29, 0.717) is 43.5 Å². The fourth-order valence-electron chi connectivity index (χ4n) is 3.10. The predicted molar refractivity (Wildman–Crippen MR) is 128 cm³/mol. The van der Waals surface area contributed by atoms with E-state index < -0.39 is 0 Å². The van der Waals surface area contributed by atoms with Gasteiger partial charge in [0.25, 0.3) is 0 Å². The fraction of sp³-hybridized carbons (Fsp3) is 0.0833. The van der Waals surface area contributed by atoms with Crippen molar-refractivity contribution in [1.29, 1.82) is 5.26 Å². The fourth-order valence-corrected chi connectivity index (χ4v) is 3.84. The first kappa shape index (κ1) is 22.0. The summed E-state index contributed by atoms with van der Waals surface area (Å²) in [4.78, 5) is 7.63. The van der Waals surface area contributed by atoms with Crippen LogP contribution in [0, 0.1) is 11.3 Å². The van der Waals surface area contributed by atoms with Gasteiger partial charge >= 0.3 is 0 Å². The van der Waals surface area contributed by atoms with Crippen molar-refractivity contribution in [3.63, 3.8) is 0 Å². The van der Waals surface area contributed by atoms with E-state index >= 15 is 0 Å². The van der Waals surface area contributed by atoms with Crippen molar-refractivity contribution in [2.45, 2.75) is 6.61 Å². The highest BCUT2D eigenvalue weighted by atomic mass is 35.5. The molecule has 0 aliphatic heterocycles. The lowest BCUT2D eigenvalue weighted by Gasteiger charge is -2.11. The van der Waals surface area contributed by atoms with Gasteiger partial charge in [0.15, 0.2) is 5.75 Å². The Bertz CT molecular complexity index is 1330. The number of hydrogen-bond acceptors (Lipinski definition) is 4. The van der Waals surface area contributed by atoms with E-state index in [2.05, 4.69) is 16.0 Å². The van der Waals surface area contributed by atoms with Gasteiger partial charge < -0.3 is 14.5 Å². The molecule has 0 aliphatic carbocycles. The van der Waals surface area contributed by atoms with Crippen LogP contribution in [0.4, 0.5) is 0 Å². The Kier molecular flexibility index (Phi) is 6.57. The highest BCUT2D eigenvalue weighted by molar-refractivity contribution is 6.37. The van der Waals surface area contributed by atoms with Gasteiger partial charge in [-0.1, -0.05) is 46.9 Å². The third-order valence-electron chi connectivity index (χ3n) is 4.69. The summed E-state index contributed by atoms with van der Waals surface area (Å²) in [5.74, 6) is 1.50. The summed E-state index contributed by atoms with van der Waals surface area (Å²) in [6.07, 6.45) is 1.66. The zero-order valence-electron chi connectivity index (χ0n) is 16.8. The number of aromatic nitrogens is 2. The SMILES string of the molecule is COc1ccc2nc(/C(C#N)=C\c3cc(Cl)c(OCc4ccc(Cl)cc4)c(Cl)c3)[nH]c2c1. The van der Waals surface area contributed by atoms with E-state index in [1.807, 2.05) is 30.3 Å². The highest BCUT2D eigenvalue weighted by Crippen LogP contribution is 2.36. The van der Waals surface area contributed by atoms with Gasteiger partial charge in [0.1, 0.15) is 24.3 Å². The van der Waals surface area contributed by atoms with Crippen LogP contribution >= 0.6 is 34.8 Å². The van der Waals surface area contributed by atoms with Crippen molar-refractivity contribution in [2.75, 3.05) is 7.11 Å². The molecule has 5 nitrogen and oxygen atoms in total. The van der Waals surface area contributed by atoms with Crippen LogP contribution in [0.15, 0.2) is 54.6 Å². The summed E-state index contributed by atoms with van der Waals surface area (Å²) in [7, 11) is 1.59. The average molecular weight is 485 g/mol. The van der Waals surface area contributed by atoms with Crippen molar-refractivity contribution in [3.8, 4) is 17.6 Å². The molecule has 4 aromatic rings. The Balaban J connectivity index is 1.60. The van der Waals surface area contributed by atoms with Crippen LogP contribution in [0.25, 0.3) is 22.7 Å². The molecule has 0 radical (unpaired) electrons. The largest absolute Gasteiger partial charge is 0.497 e. The zero-order chi connectivity index (χ0) is 22.7. The molecule has 1 N–H and O–H groups in total. The van der Waals surface area contributed by atoms with Gasteiger partial charge in [-0.25, -0.2) is 4.98 Å². The average Bonchev–Trinajstić information content (AvgIpc) is 3.21. The van der Waals surface area contributed by atoms with Crippen molar-refractivity contribution in [2.24, 2.45) is 0 Å². The molecule has 0 spiro atoms. The van der Waals surface area contributed by atoms with E-state index in [9.17, 15) is 5.26 Å². The molecule has 0 bridgehead atoms. The highest BCUT2D eigenvalue weighted by Gasteiger charge is 2.13. The Hall–Kier alpha value is -3.17. The van der Waals surface area contributed by atoms with Crippen molar-refractivity contribution in [3.05, 3.63) is 86.6 Å². The molecule has 4 rings (SSSR count). The minimum absolute atomic E-state index is 0.289. The molecular formula is C24H16Cl3N3O2. The van der Waals surface area contributed by atoms with E-state index in [4.69, 9.17) is 44.3 Å². The molecule has 1 aromatic heterocycles. The van der Waals surface area contributed by atoms with Gasteiger partial charge in [-0.05, 0) is 53.6 Å². The number of halogens is 3. The maximum Gasteiger partial charge on any atom is 0.157 e. The Morgan fingerprint density at radius 3 is 2.44 bits per heavy atom. The quantitative estimate of drug-likeness (QED) is 0.294. The number of fused-ring (bicyclic) bond motifs is 1. The summed E-state index contributed by atoms with van der Waals surface area (Å²) in [5.41, 5.74) is 3.40. The van der Waals surface area contributed by atoms with Gasteiger partial charge in [-0.3, -0.25) is 0 Å². The molecule has 0 saturated heterocycles. The summed E-state index contributed by atoms with van der Waals surface area (Å²) in [5, 5.41) is 11.0. The maximum absolute atomic E-state index is 9.69. The molecular weight excluding hydrogens is 469 g/mol. The molecule has 0 saturated carbocycles. The first-order valence-electron chi connectivity index (χ1n) is 9.49. The second-order valence-corrected chi connectivity index (χ2v) is 8.12. The first-order valence-corrected chi connectivity index (χ1v) is 10.6. The Labute approximate surface area is 199 Å². The number of methoxy groups -OCH3 is 1. The molecule has 0 unspecified atom stereocenters. The van der Waals surface area contributed by atoms with Crippen LogP contribution in [-0.2, 0) is 6.61 Å². The lowest BCUT2D eigenvalue weighted by molar-refractivity contribution is 0.306. The zero-order valence-corrected chi connectivity index (χ0v) is 19.1. The van der Waals surface area contributed by atoms with Crippen molar-refractivity contribution in [1.82, 2.24) is 9.97 Å². The van der Waals surface area contributed by atoms with Gasteiger partial charge in [0, 0.05) is 11.1 Å². The number of hydrogen-bond donors (Lipinski definition) is 1. The van der Waals surface area contributed by atoms with Crippen LogP contribution < -0.4 is 9.47 Å². The molecule has 3 aromatic carbocycles. The summed E-state index contributed by atoms with van der Waals surface area (Å²) >= 11 is 18.7. The lowest BCUT2D eigenvalue weighted by atomic mass is 10.1. The molecule has 0 amide bonds. The summed E-state index contributed by atoms with van der Waals surface area (Å²) in [6.45, 7) is 0.289. The second kappa shape index (κ2) is 9.54. The Morgan fingerprint density at radius 2 is 1.78 bits per heavy atom. The number of H-pyrrole nitrogens is 1. The number of ether oxygens (including phenoxy) is 2. The third-order valence-corrected chi connectivity index (χ3v) is 5.51. The topological polar surface area (TPSA) is 70.9 Å². The molecule has 0 aliphatic rings. The van der Waals surface area contributed by atoms with Crippen LogP contribution in [-0.4, -0.2) is 17.1 Å². The summed E-state index contributed by atoms with van der Waals surface area (Å²) in [6, 6.07) is 18.3. The number of nitrogens with one attached hydrogen (secondary N) is 1. The van der Waals surface area contributed by atoms with Crippen molar-refractivity contribution < 1.29 is 9.47 Å². The van der Waals surface area contributed by atoms with Gasteiger partial charge in [0.05, 0.1) is 33.8 Å². The molecule has 0 fully saturated rings. The number of benzene rings is 3. The standard InChI is InChI=1S/C24H16Cl3N3O2/c1-31-18-6-7-21-22(11-18)30-24(29-21)16(12-28)8-15-9-19(26)23(20(27)10-15)32-13-14-2-4-17(25)5-3-14/h2-11H,13H2,1H3,(H,29,30)/b16-8-. The van der Waals surface area contributed by atoms with Gasteiger partial charge in [0.2, 0.25) is 0 Å². The van der Waals surface area contributed by atoms with E-state index in [0.717, 1.165) is 16.6 Å². The third kappa shape index (κ3) is 4.84. The minimum Gasteiger partial charge on any atom is -0.497 e. The number of nitrogens with zero attached hydrogens (tertiary/aromatic N) is 2. The van der Waals surface area contributed by atoms with Crippen LogP contribution in [0.5, 0.6) is 11.5 Å². The number of imidazole rings is 1. The molecule has 8 heteroatoms. The first-order chi connectivity index (χ1) is 15.5. The van der Waals surface area contributed by atoms with Gasteiger partial charge in [-0.2, -0.15) is 5.26 Å². The van der Waals surface area contributed by atoms with Crippen LogP contribution in [0.2, 0.25) is 15.1 Å². The molecule has 32 heavy (non-hydrogen) atoms. The second-order valence-electron chi connectivity index (χ2n) is 6.87. The summed E-state index contributed by atoms with van der Waals surface area (Å²) < 4.78 is 11.0. The number of aromatic amines is 1. The van der Waals surface area contributed by atoms with E-state index in [-0.39, 0.29) is 6.61 Å². The predicted octanol–water partition coefficient (Wildman–Crippen LogP) is 7.17. The van der Waals surface area contributed by atoms with Crippen LogP contribution in [0.3, 0.4) is 0 Å². The monoisotopic (exact) mass is 483 g/mol. The smallest absolute Gasteiger partial charge is 0.157 e. The molecule has 0 atom stereocenters. The van der Waals surface area contributed by atoms with E-state index in [1.54, 1.807) is 37.5 Å². The molecule has 1 heterocycles. The molecule has 160 valence electrons. The van der Waals surface area contributed by atoms with Crippen LogP contribution in [0.1, 0.15) is 17.0 Å². The van der Waals surface area contributed by atoms with Gasteiger partial charge in [-0.15, -0.1) is 0 Å². The van der Waals surface area contributed by atoms with Crippen molar-refractivity contribution >= 4 is 57.5 Å². The van der Waals surface area contributed by atoms with E-state index in [1.165, 1.54) is 0 Å². The number of nitriles is 1. The maximum atomic E-state index is 9.69. The lowest BCUT2D eigenvalue weighted by Crippen LogP contribution is -1.97. The number of rotatable bonds is 6. The number of allylic oxidation sites excluding steroid dienone is 1. The normalized spacial score (nSPS) is 11.4. The Morgan fingerprint density at radius 1 is 1.06 bits per heavy atom.